The van der Waals surface area contributed by atoms with Gasteiger partial charge < -0.3 is 0 Å². The van der Waals surface area contributed by atoms with Crippen LogP contribution in [-0.2, 0) is 0 Å². The van der Waals surface area contributed by atoms with E-state index in [2.05, 4.69) is 5.10 Å². The molecule has 0 unspecified atom stereocenters. The van der Waals surface area contributed by atoms with Gasteiger partial charge in [0.25, 0.3) is 0 Å². The number of hydrogen-bond acceptors (Lipinski definition) is 1. The van der Waals surface area contributed by atoms with Crippen molar-refractivity contribution in [3.8, 4) is 16.9 Å². The van der Waals surface area contributed by atoms with Crippen LogP contribution in [0.15, 0.2) is 66.9 Å². The van der Waals surface area contributed by atoms with Gasteiger partial charge in [-0.25, -0.2) is 4.68 Å². The van der Waals surface area contributed by atoms with E-state index in [1.54, 1.807) is 4.68 Å². The zero-order valence-corrected chi connectivity index (χ0v) is 10.4. The third-order valence-electron chi connectivity index (χ3n) is 2.76. The molecule has 2 aromatic carbocycles. The Kier molecular flexibility index (Phi) is 2.87. The van der Waals surface area contributed by atoms with E-state index in [0.29, 0.717) is 5.02 Å². The molecule has 0 radical (unpaired) electrons. The van der Waals surface area contributed by atoms with Gasteiger partial charge in [0.05, 0.1) is 16.4 Å². The first kappa shape index (κ1) is 11.1. The van der Waals surface area contributed by atoms with Gasteiger partial charge in [-0.1, -0.05) is 54.1 Å². The topological polar surface area (TPSA) is 17.8 Å². The van der Waals surface area contributed by atoms with E-state index in [4.69, 9.17) is 11.6 Å². The Hall–Kier alpha value is -2.06. The summed E-state index contributed by atoms with van der Waals surface area (Å²) < 4.78 is 1.80. The van der Waals surface area contributed by atoms with Gasteiger partial charge in [0.2, 0.25) is 0 Å². The maximum atomic E-state index is 6.15. The lowest BCUT2D eigenvalue weighted by atomic mass is 10.2. The van der Waals surface area contributed by atoms with E-state index in [1.165, 1.54) is 0 Å². The van der Waals surface area contributed by atoms with E-state index in [0.717, 1.165) is 16.9 Å². The number of para-hydroxylation sites is 1. The fourth-order valence-electron chi connectivity index (χ4n) is 1.86. The molecule has 0 aliphatic rings. The highest BCUT2D eigenvalue weighted by Gasteiger charge is 2.05. The predicted octanol–water partition coefficient (Wildman–Crippen LogP) is 4.19. The van der Waals surface area contributed by atoms with Gasteiger partial charge in [0, 0.05) is 11.8 Å². The SMILES string of the molecule is Clc1ccccc1-n1ccc(-c2ccccc2)n1. The van der Waals surface area contributed by atoms with Crippen LogP contribution in [0.2, 0.25) is 5.02 Å². The molecule has 3 rings (SSSR count). The minimum Gasteiger partial charge on any atom is -0.239 e. The summed E-state index contributed by atoms with van der Waals surface area (Å²) >= 11 is 6.15. The number of hydrogen-bond donors (Lipinski definition) is 0. The maximum absolute atomic E-state index is 6.15. The fraction of sp³-hybridized carbons (Fsp3) is 0. The quantitative estimate of drug-likeness (QED) is 0.670. The van der Waals surface area contributed by atoms with Crippen LogP contribution in [0.1, 0.15) is 0 Å². The van der Waals surface area contributed by atoms with Crippen LogP contribution >= 0.6 is 11.6 Å². The van der Waals surface area contributed by atoms with E-state index >= 15 is 0 Å². The molecule has 88 valence electrons. The first-order valence-corrected chi connectivity index (χ1v) is 6.08. The zero-order valence-electron chi connectivity index (χ0n) is 9.62. The highest BCUT2D eigenvalue weighted by Crippen LogP contribution is 2.22. The second-order valence-corrected chi connectivity index (χ2v) is 4.37. The zero-order chi connectivity index (χ0) is 12.4. The molecule has 0 fully saturated rings. The molecule has 0 atom stereocenters. The van der Waals surface area contributed by atoms with E-state index in [-0.39, 0.29) is 0 Å². The lowest BCUT2D eigenvalue weighted by Crippen LogP contribution is -1.95. The molecule has 3 heteroatoms. The Morgan fingerprint density at radius 3 is 2.33 bits per heavy atom. The summed E-state index contributed by atoms with van der Waals surface area (Å²) in [6.07, 6.45) is 1.92. The van der Waals surface area contributed by atoms with Crippen LogP contribution < -0.4 is 0 Å². The average Bonchev–Trinajstić information content (AvgIpc) is 2.90. The van der Waals surface area contributed by atoms with Crippen molar-refractivity contribution in [1.82, 2.24) is 9.78 Å². The molecule has 0 bridgehead atoms. The normalized spacial score (nSPS) is 10.5. The van der Waals surface area contributed by atoms with Gasteiger partial charge in [-0.3, -0.25) is 0 Å². The molecule has 1 heterocycles. The van der Waals surface area contributed by atoms with E-state index < -0.39 is 0 Å². The maximum Gasteiger partial charge on any atom is 0.0927 e. The summed E-state index contributed by atoms with van der Waals surface area (Å²) in [6.45, 7) is 0. The van der Waals surface area contributed by atoms with E-state index in [1.807, 2.05) is 66.9 Å². The second-order valence-electron chi connectivity index (χ2n) is 3.96. The first-order valence-electron chi connectivity index (χ1n) is 5.70. The molecular formula is C15H11ClN2. The Labute approximate surface area is 110 Å². The summed E-state index contributed by atoms with van der Waals surface area (Å²) in [5.41, 5.74) is 2.93. The van der Waals surface area contributed by atoms with Crippen LogP contribution in [0.4, 0.5) is 0 Å². The van der Waals surface area contributed by atoms with Crippen LogP contribution in [-0.4, -0.2) is 9.78 Å². The number of nitrogens with zero attached hydrogens (tertiary/aromatic N) is 2. The molecule has 0 aliphatic heterocycles. The highest BCUT2D eigenvalue weighted by atomic mass is 35.5. The van der Waals surface area contributed by atoms with Gasteiger partial charge in [0.1, 0.15) is 0 Å². The van der Waals surface area contributed by atoms with Gasteiger partial charge in [-0.05, 0) is 18.2 Å². The Balaban J connectivity index is 2.03. The third kappa shape index (κ3) is 2.03. The monoisotopic (exact) mass is 254 g/mol. The minimum atomic E-state index is 0.695. The van der Waals surface area contributed by atoms with Crippen molar-refractivity contribution in [2.45, 2.75) is 0 Å². The van der Waals surface area contributed by atoms with E-state index in [9.17, 15) is 0 Å². The summed E-state index contributed by atoms with van der Waals surface area (Å²) in [4.78, 5) is 0. The average molecular weight is 255 g/mol. The van der Waals surface area contributed by atoms with Crippen molar-refractivity contribution in [3.63, 3.8) is 0 Å². The minimum absolute atomic E-state index is 0.695. The van der Waals surface area contributed by atoms with Crippen LogP contribution in [0, 0.1) is 0 Å². The molecule has 0 saturated carbocycles. The molecule has 0 aliphatic carbocycles. The van der Waals surface area contributed by atoms with Crippen molar-refractivity contribution in [2.24, 2.45) is 0 Å². The summed E-state index contributed by atoms with van der Waals surface area (Å²) in [5, 5.41) is 5.24. The molecule has 3 aromatic rings. The molecule has 0 spiro atoms. The Bertz CT molecular complexity index is 659. The van der Waals surface area contributed by atoms with Gasteiger partial charge in [0.15, 0.2) is 0 Å². The number of halogens is 1. The number of rotatable bonds is 2. The van der Waals surface area contributed by atoms with Crippen LogP contribution in [0.25, 0.3) is 16.9 Å². The second kappa shape index (κ2) is 4.67. The Morgan fingerprint density at radius 1 is 0.833 bits per heavy atom. The molecule has 0 amide bonds. The summed E-state index contributed by atoms with van der Waals surface area (Å²) in [6, 6.07) is 19.7. The largest absolute Gasteiger partial charge is 0.239 e. The smallest absolute Gasteiger partial charge is 0.0927 e. The lowest BCUT2D eigenvalue weighted by molar-refractivity contribution is 0.884. The molecule has 1 aromatic heterocycles. The van der Waals surface area contributed by atoms with Crippen molar-refractivity contribution in [3.05, 3.63) is 71.9 Å². The van der Waals surface area contributed by atoms with Crippen molar-refractivity contribution in [2.75, 3.05) is 0 Å². The van der Waals surface area contributed by atoms with Gasteiger partial charge >= 0.3 is 0 Å². The van der Waals surface area contributed by atoms with Gasteiger partial charge in [-0.2, -0.15) is 5.10 Å². The van der Waals surface area contributed by atoms with Crippen molar-refractivity contribution >= 4 is 11.6 Å². The fourth-order valence-corrected chi connectivity index (χ4v) is 2.08. The summed E-state index contributed by atoms with van der Waals surface area (Å²) in [5.74, 6) is 0. The lowest BCUT2D eigenvalue weighted by Gasteiger charge is -2.03. The predicted molar refractivity (Wildman–Crippen MR) is 74.0 cm³/mol. The molecule has 0 saturated heterocycles. The van der Waals surface area contributed by atoms with Crippen molar-refractivity contribution in [1.29, 1.82) is 0 Å². The third-order valence-corrected chi connectivity index (χ3v) is 3.08. The van der Waals surface area contributed by atoms with Crippen LogP contribution in [0.5, 0.6) is 0 Å². The molecule has 0 N–H and O–H groups in total. The Morgan fingerprint density at radius 2 is 1.56 bits per heavy atom. The van der Waals surface area contributed by atoms with Crippen molar-refractivity contribution < 1.29 is 0 Å². The number of benzene rings is 2. The first-order chi connectivity index (χ1) is 8.84. The van der Waals surface area contributed by atoms with Crippen LogP contribution in [0.3, 0.4) is 0 Å². The molecular weight excluding hydrogens is 244 g/mol. The molecule has 2 nitrogen and oxygen atoms in total. The highest BCUT2D eigenvalue weighted by molar-refractivity contribution is 6.32. The summed E-state index contributed by atoms with van der Waals surface area (Å²) in [7, 11) is 0. The van der Waals surface area contributed by atoms with Gasteiger partial charge in [-0.15, -0.1) is 0 Å². The number of aromatic nitrogens is 2. The standard InChI is InChI=1S/C15H11ClN2/c16-13-8-4-5-9-15(13)18-11-10-14(17-18)12-6-2-1-3-7-12/h1-11H. The molecule has 18 heavy (non-hydrogen) atoms.